The van der Waals surface area contributed by atoms with Crippen LogP contribution in [0.1, 0.15) is 15.4 Å². The zero-order valence-electron chi connectivity index (χ0n) is 19.5. The van der Waals surface area contributed by atoms with E-state index in [-0.39, 0.29) is 17.6 Å². The molecular weight excluding hydrogens is 486 g/mol. The van der Waals surface area contributed by atoms with E-state index in [1.54, 1.807) is 25.3 Å². The number of benzene rings is 2. The van der Waals surface area contributed by atoms with E-state index in [1.807, 2.05) is 37.4 Å². The number of para-hydroxylation sites is 1. The molecule has 0 bridgehead atoms. The van der Waals surface area contributed by atoms with Gasteiger partial charge in [-0.25, -0.2) is 0 Å². The Morgan fingerprint density at radius 1 is 1.09 bits per heavy atom. The molecule has 4 aromatic rings. The second kappa shape index (κ2) is 11.2. The zero-order chi connectivity index (χ0) is 24.8. The molecule has 182 valence electrons. The smallest absolute Gasteiger partial charge is 0.251 e. The lowest BCUT2D eigenvalue weighted by Gasteiger charge is -2.10. The molecule has 0 fully saturated rings. The minimum Gasteiger partial charge on any atom is -0.493 e. The van der Waals surface area contributed by atoms with Gasteiger partial charge in [0.05, 0.1) is 20.0 Å². The molecular formula is C24H25N5O4S2. The highest BCUT2D eigenvalue weighted by Crippen LogP contribution is 2.30. The van der Waals surface area contributed by atoms with Gasteiger partial charge in [0.25, 0.3) is 5.91 Å². The number of fused-ring (bicyclic) bond motifs is 1. The molecule has 0 saturated heterocycles. The number of nitrogens with zero attached hydrogens (tertiary/aromatic N) is 3. The van der Waals surface area contributed by atoms with Crippen LogP contribution in [0.4, 0.5) is 5.13 Å². The molecule has 0 aliphatic heterocycles. The highest BCUT2D eigenvalue weighted by molar-refractivity contribution is 8.00. The maximum atomic E-state index is 12.6. The molecule has 0 spiro atoms. The third kappa shape index (κ3) is 5.92. The molecule has 2 amide bonds. The number of anilines is 1. The summed E-state index contributed by atoms with van der Waals surface area (Å²) in [6.45, 7) is 2.86. The molecule has 0 atom stereocenters. The number of aromatic nitrogens is 3. The molecule has 2 aromatic carbocycles. The SMILES string of the molecule is COc1ccc(C(=O)NCCn2cc(SCC(=O)Nc3nnc(C)s3)c3ccccc32)cc1OC. The van der Waals surface area contributed by atoms with Crippen molar-refractivity contribution in [3.8, 4) is 11.5 Å². The number of hydrogen-bond donors (Lipinski definition) is 2. The summed E-state index contributed by atoms with van der Waals surface area (Å²) in [6, 6.07) is 13.1. The third-order valence-corrected chi connectivity index (χ3v) is 6.96. The molecule has 2 aromatic heterocycles. The van der Waals surface area contributed by atoms with E-state index >= 15 is 0 Å². The van der Waals surface area contributed by atoms with Crippen molar-refractivity contribution in [2.45, 2.75) is 18.4 Å². The predicted molar refractivity (Wildman–Crippen MR) is 138 cm³/mol. The van der Waals surface area contributed by atoms with Crippen LogP contribution in [-0.4, -0.2) is 53.1 Å². The fourth-order valence-corrected chi connectivity index (χ4v) is 5.02. The van der Waals surface area contributed by atoms with E-state index in [4.69, 9.17) is 9.47 Å². The number of aryl methyl sites for hydroxylation is 1. The first kappa shape index (κ1) is 24.6. The topological polar surface area (TPSA) is 107 Å². The Morgan fingerprint density at radius 2 is 1.89 bits per heavy atom. The Morgan fingerprint density at radius 3 is 2.63 bits per heavy atom. The van der Waals surface area contributed by atoms with Gasteiger partial charge in [-0.15, -0.1) is 22.0 Å². The number of hydrogen-bond acceptors (Lipinski definition) is 8. The molecule has 0 aliphatic carbocycles. The van der Waals surface area contributed by atoms with Gasteiger partial charge in [0, 0.05) is 40.6 Å². The first-order chi connectivity index (χ1) is 17.0. The van der Waals surface area contributed by atoms with E-state index in [0.29, 0.717) is 35.3 Å². The molecule has 2 N–H and O–H groups in total. The highest BCUT2D eigenvalue weighted by atomic mass is 32.2. The van der Waals surface area contributed by atoms with E-state index < -0.39 is 0 Å². The molecule has 0 aliphatic rings. The highest BCUT2D eigenvalue weighted by Gasteiger charge is 2.14. The van der Waals surface area contributed by atoms with Crippen LogP contribution in [-0.2, 0) is 11.3 Å². The van der Waals surface area contributed by atoms with Gasteiger partial charge in [-0.3, -0.25) is 14.9 Å². The van der Waals surface area contributed by atoms with Gasteiger partial charge in [0.1, 0.15) is 5.01 Å². The van der Waals surface area contributed by atoms with Crippen LogP contribution in [0.3, 0.4) is 0 Å². The van der Waals surface area contributed by atoms with Gasteiger partial charge in [-0.05, 0) is 31.2 Å². The van der Waals surface area contributed by atoms with Crippen LogP contribution in [0, 0.1) is 6.92 Å². The van der Waals surface area contributed by atoms with Crippen molar-refractivity contribution in [2.75, 3.05) is 31.8 Å². The summed E-state index contributed by atoms with van der Waals surface area (Å²) in [5.74, 6) is 0.997. The van der Waals surface area contributed by atoms with Crippen LogP contribution < -0.4 is 20.1 Å². The summed E-state index contributed by atoms with van der Waals surface area (Å²) < 4.78 is 12.6. The number of thioether (sulfide) groups is 1. The Labute approximate surface area is 210 Å². The van der Waals surface area contributed by atoms with Crippen molar-refractivity contribution in [2.24, 2.45) is 0 Å². The number of methoxy groups -OCH3 is 2. The van der Waals surface area contributed by atoms with Crippen LogP contribution in [0.2, 0.25) is 0 Å². The predicted octanol–water partition coefficient (Wildman–Crippen LogP) is 3.98. The number of rotatable bonds is 10. The van der Waals surface area contributed by atoms with E-state index in [1.165, 1.54) is 30.2 Å². The van der Waals surface area contributed by atoms with Crippen LogP contribution in [0.25, 0.3) is 10.9 Å². The Bertz CT molecular complexity index is 1350. The quantitative estimate of drug-likeness (QED) is 0.310. The van der Waals surface area contributed by atoms with Gasteiger partial charge in [-0.2, -0.15) is 0 Å². The summed E-state index contributed by atoms with van der Waals surface area (Å²) in [4.78, 5) is 26.0. The summed E-state index contributed by atoms with van der Waals surface area (Å²) in [6.07, 6.45) is 2.01. The second-order valence-corrected chi connectivity index (χ2v) is 9.69. The van der Waals surface area contributed by atoms with Gasteiger partial charge in [0.2, 0.25) is 11.0 Å². The minimum absolute atomic E-state index is 0.134. The monoisotopic (exact) mass is 511 g/mol. The number of nitrogens with one attached hydrogen (secondary N) is 2. The van der Waals surface area contributed by atoms with Crippen molar-refractivity contribution in [1.29, 1.82) is 0 Å². The number of carbonyl (C=O) groups is 2. The number of amides is 2. The van der Waals surface area contributed by atoms with E-state index in [2.05, 4.69) is 25.4 Å². The maximum absolute atomic E-state index is 12.6. The van der Waals surface area contributed by atoms with Crippen molar-refractivity contribution < 1.29 is 19.1 Å². The normalized spacial score (nSPS) is 10.8. The summed E-state index contributed by atoms with van der Waals surface area (Å²) in [7, 11) is 3.09. The lowest BCUT2D eigenvalue weighted by Crippen LogP contribution is -2.27. The fraction of sp³-hybridized carbons (Fsp3) is 0.250. The molecule has 0 radical (unpaired) electrons. The van der Waals surface area contributed by atoms with Crippen LogP contribution >= 0.6 is 23.1 Å². The zero-order valence-corrected chi connectivity index (χ0v) is 21.2. The minimum atomic E-state index is -0.194. The molecule has 9 nitrogen and oxygen atoms in total. The van der Waals surface area contributed by atoms with Crippen LogP contribution in [0.15, 0.2) is 53.6 Å². The van der Waals surface area contributed by atoms with Crippen molar-refractivity contribution in [3.63, 3.8) is 0 Å². The Hall–Kier alpha value is -3.57. The summed E-state index contributed by atoms with van der Waals surface area (Å²) in [5, 5.41) is 15.9. The number of carbonyl (C=O) groups excluding carboxylic acids is 2. The van der Waals surface area contributed by atoms with Crippen molar-refractivity contribution >= 4 is 50.9 Å². The standard InChI is InChI=1S/C24H25N5O4S2/c1-15-27-28-24(35-15)26-22(30)14-34-21-13-29(18-7-5-4-6-17(18)21)11-10-25-23(31)16-8-9-19(32-2)20(12-16)33-3/h4-9,12-13H,10-11,14H2,1-3H3,(H,25,31)(H,26,28,30). The average molecular weight is 512 g/mol. The van der Waals surface area contributed by atoms with E-state index in [0.717, 1.165) is 20.8 Å². The first-order valence-corrected chi connectivity index (χ1v) is 12.6. The third-order valence-electron chi connectivity index (χ3n) is 5.17. The molecule has 2 heterocycles. The number of ether oxygens (including phenoxy) is 2. The van der Waals surface area contributed by atoms with E-state index in [9.17, 15) is 9.59 Å². The lowest BCUT2D eigenvalue weighted by atomic mass is 10.2. The largest absolute Gasteiger partial charge is 0.493 e. The molecule has 11 heteroatoms. The average Bonchev–Trinajstić information content (AvgIpc) is 3.45. The molecule has 0 unspecified atom stereocenters. The van der Waals surface area contributed by atoms with Crippen molar-refractivity contribution in [1.82, 2.24) is 20.1 Å². The van der Waals surface area contributed by atoms with Gasteiger partial charge in [0.15, 0.2) is 11.5 Å². The van der Waals surface area contributed by atoms with Gasteiger partial charge < -0.3 is 19.4 Å². The fourth-order valence-electron chi connectivity index (χ4n) is 3.53. The second-order valence-electron chi connectivity index (χ2n) is 7.49. The molecule has 0 saturated carbocycles. The maximum Gasteiger partial charge on any atom is 0.251 e. The Kier molecular flexibility index (Phi) is 7.88. The molecule has 4 rings (SSSR count). The van der Waals surface area contributed by atoms with Crippen molar-refractivity contribution in [3.05, 3.63) is 59.2 Å². The first-order valence-electron chi connectivity index (χ1n) is 10.8. The van der Waals surface area contributed by atoms with Gasteiger partial charge in [-0.1, -0.05) is 29.5 Å². The molecule has 35 heavy (non-hydrogen) atoms. The Balaban J connectivity index is 1.38. The van der Waals surface area contributed by atoms with Crippen LogP contribution in [0.5, 0.6) is 11.5 Å². The summed E-state index contributed by atoms with van der Waals surface area (Å²) in [5.41, 5.74) is 1.53. The summed E-state index contributed by atoms with van der Waals surface area (Å²) >= 11 is 2.80. The van der Waals surface area contributed by atoms with Gasteiger partial charge >= 0.3 is 0 Å². The lowest BCUT2D eigenvalue weighted by molar-refractivity contribution is -0.113.